The summed E-state index contributed by atoms with van der Waals surface area (Å²) in [6, 6.07) is 0. The van der Waals surface area contributed by atoms with Crippen LogP contribution in [0.25, 0.3) is 0 Å². The summed E-state index contributed by atoms with van der Waals surface area (Å²) in [7, 11) is 1.55. The van der Waals surface area contributed by atoms with Gasteiger partial charge in [-0.25, -0.2) is 0 Å². The third-order valence-electron chi connectivity index (χ3n) is 3.29. The van der Waals surface area contributed by atoms with E-state index in [1.54, 1.807) is 7.05 Å². The summed E-state index contributed by atoms with van der Waals surface area (Å²) < 4.78 is 0. The van der Waals surface area contributed by atoms with Crippen molar-refractivity contribution in [3.8, 4) is 0 Å². The number of carbonyl (C=O) groups is 2. The third kappa shape index (κ3) is 13.9. The number of nitrogens with zero attached hydrogens (tertiary/aromatic N) is 1. The molecule has 1 radical (unpaired) electrons. The maximum Gasteiger partial charge on any atom is 0.323 e. The molecular weight excluding hydrogens is 306 g/mol. The van der Waals surface area contributed by atoms with Crippen LogP contribution in [0.4, 0.5) is 0 Å². The number of aliphatic carboxylic acids is 1. The SMILES string of the molecule is CCCCCCCCCCCC(=O)N(C)CC(=O)O.[Cu]. The molecule has 0 aromatic rings. The van der Waals surface area contributed by atoms with E-state index in [9.17, 15) is 9.59 Å². The minimum Gasteiger partial charge on any atom is -0.480 e. The maximum atomic E-state index is 11.5. The van der Waals surface area contributed by atoms with E-state index in [0.29, 0.717) is 6.42 Å². The second-order valence-corrected chi connectivity index (χ2v) is 5.22. The topological polar surface area (TPSA) is 57.6 Å². The first-order chi connectivity index (χ1) is 9.07. The van der Waals surface area contributed by atoms with Crippen LogP contribution >= 0.6 is 0 Å². The van der Waals surface area contributed by atoms with Gasteiger partial charge in [0.15, 0.2) is 0 Å². The largest absolute Gasteiger partial charge is 0.480 e. The Hall–Kier alpha value is -0.541. The van der Waals surface area contributed by atoms with Crippen molar-refractivity contribution in [3.05, 3.63) is 0 Å². The molecule has 0 aliphatic carbocycles. The Morgan fingerprint density at radius 3 is 1.80 bits per heavy atom. The van der Waals surface area contributed by atoms with Crippen LogP contribution in [0.1, 0.15) is 71.1 Å². The van der Waals surface area contributed by atoms with Crippen molar-refractivity contribution >= 4 is 11.9 Å². The molecule has 0 aromatic carbocycles. The molecule has 20 heavy (non-hydrogen) atoms. The molecule has 0 atom stereocenters. The molecular formula is C15H29CuNO3. The first-order valence-corrected chi connectivity index (χ1v) is 7.53. The van der Waals surface area contributed by atoms with Gasteiger partial charge in [0, 0.05) is 30.5 Å². The fourth-order valence-electron chi connectivity index (χ4n) is 2.07. The van der Waals surface area contributed by atoms with Gasteiger partial charge in [0.25, 0.3) is 0 Å². The Kier molecular flexibility index (Phi) is 16.2. The van der Waals surface area contributed by atoms with Crippen molar-refractivity contribution in [2.45, 2.75) is 71.1 Å². The summed E-state index contributed by atoms with van der Waals surface area (Å²) in [5.74, 6) is -1.02. The molecule has 0 spiro atoms. The summed E-state index contributed by atoms with van der Waals surface area (Å²) in [4.78, 5) is 23.3. The van der Waals surface area contributed by atoms with E-state index in [1.165, 1.54) is 49.8 Å². The van der Waals surface area contributed by atoms with E-state index in [2.05, 4.69) is 6.92 Å². The molecule has 0 saturated heterocycles. The zero-order chi connectivity index (χ0) is 14.5. The molecule has 5 heteroatoms. The van der Waals surface area contributed by atoms with Gasteiger partial charge in [-0.3, -0.25) is 9.59 Å². The number of carboxylic acid groups (broad SMARTS) is 1. The van der Waals surface area contributed by atoms with Crippen molar-refractivity contribution in [3.63, 3.8) is 0 Å². The molecule has 0 aliphatic heterocycles. The summed E-state index contributed by atoms with van der Waals surface area (Å²) in [5.41, 5.74) is 0. The molecule has 0 aliphatic rings. The predicted molar refractivity (Wildman–Crippen MR) is 77.1 cm³/mol. The van der Waals surface area contributed by atoms with Crippen LogP contribution < -0.4 is 0 Å². The Labute approximate surface area is 133 Å². The number of carbonyl (C=O) groups excluding carboxylic acids is 1. The molecule has 1 N–H and O–H groups in total. The standard InChI is InChI=1S/C15H29NO3.Cu/c1-3-4-5-6-7-8-9-10-11-12-14(17)16(2)13-15(18)19;/h3-13H2,1-2H3,(H,18,19);. The monoisotopic (exact) mass is 334 g/mol. The summed E-state index contributed by atoms with van der Waals surface area (Å²) >= 11 is 0. The van der Waals surface area contributed by atoms with E-state index in [1.807, 2.05) is 0 Å². The van der Waals surface area contributed by atoms with Crippen LogP contribution in [0.15, 0.2) is 0 Å². The summed E-state index contributed by atoms with van der Waals surface area (Å²) in [6.45, 7) is 2.02. The molecule has 4 nitrogen and oxygen atoms in total. The van der Waals surface area contributed by atoms with Crippen LogP contribution in [0.5, 0.6) is 0 Å². The number of likely N-dealkylation sites (N-methyl/N-ethyl adjacent to an activating group) is 1. The smallest absolute Gasteiger partial charge is 0.323 e. The minimum atomic E-state index is -0.956. The number of rotatable bonds is 12. The second-order valence-electron chi connectivity index (χ2n) is 5.22. The number of amides is 1. The van der Waals surface area contributed by atoms with Crippen LogP contribution in [0.2, 0.25) is 0 Å². The fraction of sp³-hybridized carbons (Fsp3) is 0.867. The van der Waals surface area contributed by atoms with Gasteiger partial charge in [-0.15, -0.1) is 0 Å². The normalized spacial score (nSPS) is 9.90. The average molecular weight is 335 g/mol. The van der Waals surface area contributed by atoms with Gasteiger partial charge in [-0.1, -0.05) is 58.3 Å². The van der Waals surface area contributed by atoms with Gasteiger partial charge >= 0.3 is 5.97 Å². The van der Waals surface area contributed by atoms with Gasteiger partial charge in [-0.2, -0.15) is 0 Å². The van der Waals surface area contributed by atoms with Gasteiger partial charge in [0.2, 0.25) is 5.91 Å². The Morgan fingerprint density at radius 2 is 1.35 bits per heavy atom. The number of hydrogen-bond acceptors (Lipinski definition) is 2. The zero-order valence-corrected chi connectivity index (χ0v) is 13.7. The van der Waals surface area contributed by atoms with Crippen molar-refractivity contribution in [2.75, 3.05) is 13.6 Å². The quantitative estimate of drug-likeness (QED) is 0.439. The summed E-state index contributed by atoms with van der Waals surface area (Å²) in [5, 5.41) is 8.57. The maximum absolute atomic E-state index is 11.5. The van der Waals surface area contributed by atoms with Crippen molar-refractivity contribution < 1.29 is 31.8 Å². The Balaban J connectivity index is 0. The van der Waals surface area contributed by atoms with Gasteiger partial charge < -0.3 is 10.0 Å². The minimum absolute atomic E-state index is 0. The Morgan fingerprint density at radius 1 is 0.900 bits per heavy atom. The fourth-order valence-corrected chi connectivity index (χ4v) is 2.07. The van der Waals surface area contributed by atoms with E-state index in [-0.39, 0.29) is 29.5 Å². The number of carboxylic acids is 1. The van der Waals surface area contributed by atoms with E-state index < -0.39 is 5.97 Å². The van der Waals surface area contributed by atoms with Crippen molar-refractivity contribution in [1.29, 1.82) is 0 Å². The van der Waals surface area contributed by atoms with Gasteiger partial charge in [-0.05, 0) is 6.42 Å². The third-order valence-corrected chi connectivity index (χ3v) is 3.29. The first kappa shape index (κ1) is 21.8. The molecule has 0 aromatic heterocycles. The van der Waals surface area contributed by atoms with Crippen LogP contribution in [-0.2, 0) is 26.7 Å². The number of unbranched alkanes of at least 4 members (excludes halogenated alkanes) is 8. The molecule has 0 saturated carbocycles. The average Bonchev–Trinajstić information content (AvgIpc) is 2.35. The van der Waals surface area contributed by atoms with E-state index in [0.717, 1.165) is 12.8 Å². The molecule has 0 unspecified atom stereocenters. The molecule has 0 bridgehead atoms. The number of hydrogen-bond donors (Lipinski definition) is 1. The van der Waals surface area contributed by atoms with E-state index >= 15 is 0 Å². The van der Waals surface area contributed by atoms with Crippen molar-refractivity contribution in [1.82, 2.24) is 4.90 Å². The molecule has 0 fully saturated rings. The molecule has 123 valence electrons. The second kappa shape index (κ2) is 14.9. The molecule has 0 heterocycles. The predicted octanol–water partition coefficient (Wildman–Crippen LogP) is 3.45. The first-order valence-electron chi connectivity index (χ1n) is 7.53. The van der Waals surface area contributed by atoms with Gasteiger partial charge in [0.05, 0.1) is 0 Å². The van der Waals surface area contributed by atoms with Crippen LogP contribution in [-0.4, -0.2) is 35.5 Å². The van der Waals surface area contributed by atoms with E-state index in [4.69, 9.17) is 5.11 Å². The zero-order valence-electron chi connectivity index (χ0n) is 12.8. The van der Waals surface area contributed by atoms with Crippen molar-refractivity contribution in [2.24, 2.45) is 0 Å². The van der Waals surface area contributed by atoms with Crippen LogP contribution in [0.3, 0.4) is 0 Å². The Bertz CT molecular complexity index is 260. The molecule has 1 amide bonds. The molecule has 0 rings (SSSR count). The van der Waals surface area contributed by atoms with Gasteiger partial charge in [0.1, 0.15) is 6.54 Å². The summed E-state index contributed by atoms with van der Waals surface area (Å²) in [6.07, 6.45) is 11.4. The van der Waals surface area contributed by atoms with Crippen LogP contribution in [0, 0.1) is 0 Å².